The molecule has 1 heterocycles. The lowest BCUT2D eigenvalue weighted by Crippen LogP contribution is -1.91. The summed E-state index contributed by atoms with van der Waals surface area (Å²) in [5.74, 6) is 0. The van der Waals surface area contributed by atoms with Crippen molar-refractivity contribution in [3.63, 3.8) is 0 Å². The first-order valence-corrected chi connectivity index (χ1v) is 3.91. The van der Waals surface area contributed by atoms with Gasteiger partial charge in [0.25, 0.3) is 0 Å². The lowest BCUT2D eigenvalue weighted by Gasteiger charge is -1.87. The van der Waals surface area contributed by atoms with Crippen LogP contribution in [0, 0.1) is 6.42 Å². The predicted octanol–water partition coefficient (Wildman–Crippen LogP) is 0.751. The van der Waals surface area contributed by atoms with Crippen LogP contribution >= 0.6 is 11.3 Å². The highest BCUT2D eigenvalue weighted by molar-refractivity contribution is 7.12. The maximum Gasteiger partial charge on any atom is 0.0514 e. The van der Waals surface area contributed by atoms with Gasteiger partial charge in [-0.3, -0.25) is 0 Å². The van der Waals surface area contributed by atoms with Gasteiger partial charge in [-0.2, -0.15) is 0 Å². The fourth-order valence-corrected chi connectivity index (χ4v) is 1.52. The molecule has 2 nitrogen and oxygen atoms in total. The van der Waals surface area contributed by atoms with E-state index in [1.54, 1.807) is 17.8 Å². The van der Waals surface area contributed by atoms with Crippen LogP contribution in [0.15, 0.2) is 12.1 Å². The van der Waals surface area contributed by atoms with Gasteiger partial charge in [-0.05, 0) is 12.1 Å². The van der Waals surface area contributed by atoms with E-state index in [9.17, 15) is 0 Å². The number of aliphatic hydroxyl groups excluding tert-OH is 1. The van der Waals surface area contributed by atoms with Gasteiger partial charge in [-0.1, -0.05) is 0 Å². The van der Waals surface area contributed by atoms with Crippen molar-refractivity contribution in [2.75, 3.05) is 6.61 Å². The molecule has 0 aromatic carbocycles. The number of hydrogen-bond donors (Lipinski definition) is 2. The Morgan fingerprint density at radius 1 is 1.60 bits per heavy atom. The molecule has 0 saturated carbocycles. The maximum atomic E-state index is 8.52. The Balaban J connectivity index is 2.59. The Morgan fingerprint density at radius 3 is 2.90 bits per heavy atom. The number of thiophene rings is 1. The van der Waals surface area contributed by atoms with Crippen LogP contribution in [0.1, 0.15) is 9.75 Å². The molecule has 0 amide bonds. The third kappa shape index (κ3) is 1.80. The van der Waals surface area contributed by atoms with Crippen LogP contribution in [-0.4, -0.2) is 11.7 Å². The van der Waals surface area contributed by atoms with Gasteiger partial charge in [0.05, 0.1) is 6.61 Å². The van der Waals surface area contributed by atoms with E-state index in [0.29, 0.717) is 6.54 Å². The zero-order valence-electron chi connectivity index (χ0n) is 5.58. The van der Waals surface area contributed by atoms with E-state index in [1.165, 1.54) is 0 Å². The lowest BCUT2D eigenvalue weighted by atomic mass is 10.3. The molecule has 0 saturated heterocycles. The molecule has 1 rings (SSSR count). The summed E-state index contributed by atoms with van der Waals surface area (Å²) in [6, 6.07) is 3.94. The van der Waals surface area contributed by atoms with Crippen LogP contribution < -0.4 is 5.73 Å². The van der Waals surface area contributed by atoms with Crippen molar-refractivity contribution in [2.24, 2.45) is 5.73 Å². The Bertz CT molecular complexity index is 197. The molecule has 0 atom stereocenters. The molecule has 3 N–H and O–H groups in total. The van der Waals surface area contributed by atoms with Gasteiger partial charge in [0.1, 0.15) is 0 Å². The SMILES string of the molecule is NCc1ccc([CH]CO)s1. The average Bonchev–Trinajstić information content (AvgIpc) is 2.37. The van der Waals surface area contributed by atoms with Crippen LogP contribution in [0.5, 0.6) is 0 Å². The molecule has 0 spiro atoms. The summed E-state index contributed by atoms with van der Waals surface area (Å²) in [6.45, 7) is 0.689. The topological polar surface area (TPSA) is 46.2 Å². The third-order valence-electron chi connectivity index (χ3n) is 1.18. The smallest absolute Gasteiger partial charge is 0.0514 e. The van der Waals surface area contributed by atoms with E-state index in [1.807, 2.05) is 12.1 Å². The summed E-state index contributed by atoms with van der Waals surface area (Å²) in [4.78, 5) is 2.24. The normalized spacial score (nSPS) is 10.2. The summed E-state index contributed by atoms with van der Waals surface area (Å²) in [5.41, 5.74) is 5.39. The summed E-state index contributed by atoms with van der Waals surface area (Å²) < 4.78 is 0. The summed E-state index contributed by atoms with van der Waals surface area (Å²) in [7, 11) is 0. The van der Waals surface area contributed by atoms with Crippen LogP contribution in [0.25, 0.3) is 0 Å². The summed E-state index contributed by atoms with van der Waals surface area (Å²) in [6.07, 6.45) is 1.77. The molecule has 1 radical (unpaired) electrons. The Labute approximate surface area is 64.3 Å². The van der Waals surface area contributed by atoms with E-state index >= 15 is 0 Å². The van der Waals surface area contributed by atoms with Crippen molar-refractivity contribution < 1.29 is 5.11 Å². The van der Waals surface area contributed by atoms with E-state index in [0.717, 1.165) is 9.75 Å². The summed E-state index contributed by atoms with van der Waals surface area (Å²) >= 11 is 1.62. The fourth-order valence-electron chi connectivity index (χ4n) is 0.704. The number of hydrogen-bond acceptors (Lipinski definition) is 3. The molecule has 0 aliphatic heterocycles. The van der Waals surface area contributed by atoms with Gasteiger partial charge in [0.2, 0.25) is 0 Å². The van der Waals surface area contributed by atoms with Crippen LogP contribution in [0.4, 0.5) is 0 Å². The van der Waals surface area contributed by atoms with Gasteiger partial charge in [0.15, 0.2) is 0 Å². The summed E-state index contributed by atoms with van der Waals surface area (Å²) in [5, 5.41) is 8.52. The largest absolute Gasteiger partial charge is 0.396 e. The molecule has 0 fully saturated rings. The van der Waals surface area contributed by atoms with Gasteiger partial charge in [0, 0.05) is 22.7 Å². The van der Waals surface area contributed by atoms with Gasteiger partial charge in [-0.15, -0.1) is 11.3 Å². The zero-order valence-corrected chi connectivity index (χ0v) is 6.40. The molecule has 1 aromatic heterocycles. The van der Waals surface area contributed by atoms with Crippen LogP contribution in [0.3, 0.4) is 0 Å². The van der Waals surface area contributed by atoms with Crippen molar-refractivity contribution in [1.82, 2.24) is 0 Å². The van der Waals surface area contributed by atoms with Crippen molar-refractivity contribution in [1.29, 1.82) is 0 Å². The van der Waals surface area contributed by atoms with Crippen LogP contribution in [-0.2, 0) is 6.54 Å². The first-order valence-electron chi connectivity index (χ1n) is 3.09. The molecule has 0 unspecified atom stereocenters. The van der Waals surface area contributed by atoms with Crippen molar-refractivity contribution in [3.05, 3.63) is 28.3 Å². The highest BCUT2D eigenvalue weighted by Crippen LogP contribution is 2.16. The number of nitrogens with two attached hydrogens (primary N) is 1. The van der Waals surface area contributed by atoms with E-state index in [2.05, 4.69) is 0 Å². The van der Waals surface area contributed by atoms with E-state index < -0.39 is 0 Å². The molecule has 0 aliphatic rings. The second-order valence-corrected chi connectivity index (χ2v) is 3.09. The van der Waals surface area contributed by atoms with Crippen LogP contribution in [0.2, 0.25) is 0 Å². The quantitative estimate of drug-likeness (QED) is 0.678. The molecule has 1 aromatic rings. The molecule has 0 aliphatic carbocycles. The molecular weight excluding hydrogens is 146 g/mol. The predicted molar refractivity (Wildman–Crippen MR) is 42.7 cm³/mol. The number of rotatable bonds is 3. The average molecular weight is 156 g/mol. The molecule has 0 bridgehead atoms. The van der Waals surface area contributed by atoms with Crippen molar-refractivity contribution >= 4 is 11.3 Å². The lowest BCUT2D eigenvalue weighted by molar-refractivity contribution is 0.332. The molecule has 3 heteroatoms. The fraction of sp³-hybridized carbons (Fsp3) is 0.286. The zero-order chi connectivity index (χ0) is 7.40. The van der Waals surface area contributed by atoms with Gasteiger partial charge in [-0.25, -0.2) is 0 Å². The highest BCUT2D eigenvalue weighted by atomic mass is 32.1. The number of aliphatic hydroxyl groups is 1. The Morgan fingerprint density at radius 2 is 2.40 bits per heavy atom. The minimum atomic E-state index is 0.102. The second kappa shape index (κ2) is 3.71. The third-order valence-corrected chi connectivity index (χ3v) is 2.28. The second-order valence-electron chi connectivity index (χ2n) is 1.89. The maximum absolute atomic E-state index is 8.52. The van der Waals surface area contributed by atoms with Gasteiger partial charge < -0.3 is 10.8 Å². The molecule has 10 heavy (non-hydrogen) atoms. The van der Waals surface area contributed by atoms with E-state index in [4.69, 9.17) is 10.8 Å². The molecular formula is C7H10NOS. The highest BCUT2D eigenvalue weighted by Gasteiger charge is 1.96. The first-order chi connectivity index (χ1) is 4.86. The van der Waals surface area contributed by atoms with Crippen molar-refractivity contribution in [2.45, 2.75) is 6.54 Å². The minimum absolute atomic E-state index is 0.102. The van der Waals surface area contributed by atoms with Gasteiger partial charge >= 0.3 is 0 Å². The minimum Gasteiger partial charge on any atom is -0.396 e. The monoisotopic (exact) mass is 156 g/mol. The Hall–Kier alpha value is -0.380. The van der Waals surface area contributed by atoms with Crippen molar-refractivity contribution in [3.8, 4) is 0 Å². The Kier molecular flexibility index (Phi) is 2.86. The van der Waals surface area contributed by atoms with E-state index in [-0.39, 0.29) is 6.61 Å². The first kappa shape index (κ1) is 7.72. The standard InChI is InChI=1S/C7H10NOS/c8-5-7-2-1-6(10-7)3-4-9/h1-3,9H,4-5,8H2. The molecule has 55 valence electrons.